The minimum Gasteiger partial charge on any atom is -0.395 e. The van der Waals surface area contributed by atoms with Crippen molar-refractivity contribution in [3.63, 3.8) is 0 Å². The first-order valence-electron chi connectivity index (χ1n) is 5.34. The predicted molar refractivity (Wildman–Crippen MR) is 67.4 cm³/mol. The Balaban J connectivity index is 2.50. The summed E-state index contributed by atoms with van der Waals surface area (Å²) < 4.78 is 5.68. The lowest BCUT2D eigenvalue weighted by Gasteiger charge is -2.18. The van der Waals surface area contributed by atoms with Crippen LogP contribution in [0, 0.1) is 11.8 Å². The molecule has 0 fully saturated rings. The summed E-state index contributed by atoms with van der Waals surface area (Å²) in [4.78, 5) is 2.21. The van der Waals surface area contributed by atoms with Crippen LogP contribution in [0.15, 0.2) is 12.1 Å². The van der Waals surface area contributed by atoms with Crippen LogP contribution in [0.2, 0.25) is 0 Å². The van der Waals surface area contributed by atoms with Gasteiger partial charge in [0.2, 0.25) is 0 Å². The molecule has 3 heteroatoms. The first-order valence-corrected chi connectivity index (χ1v) is 6.15. The third kappa shape index (κ3) is 5.32. The van der Waals surface area contributed by atoms with E-state index in [0.717, 1.165) is 4.88 Å². The van der Waals surface area contributed by atoms with E-state index in [2.05, 4.69) is 11.8 Å². The molecule has 88 valence electrons. The minimum absolute atomic E-state index is 0.104. The first kappa shape index (κ1) is 13.2. The minimum atomic E-state index is -0.104. The van der Waals surface area contributed by atoms with Gasteiger partial charge in [-0.1, -0.05) is 11.8 Å². The zero-order chi connectivity index (χ0) is 12.0. The van der Waals surface area contributed by atoms with Crippen molar-refractivity contribution in [3.8, 4) is 11.8 Å². The van der Waals surface area contributed by atoms with Crippen molar-refractivity contribution < 1.29 is 9.84 Å². The van der Waals surface area contributed by atoms with Crippen molar-refractivity contribution >= 4 is 11.3 Å². The van der Waals surface area contributed by atoms with Gasteiger partial charge in [-0.15, -0.1) is 11.3 Å². The zero-order valence-electron chi connectivity index (χ0n) is 10.0. The third-order valence-electron chi connectivity index (χ3n) is 1.76. The van der Waals surface area contributed by atoms with Gasteiger partial charge >= 0.3 is 0 Å². The second-order valence-electron chi connectivity index (χ2n) is 4.44. The third-order valence-corrected chi connectivity index (χ3v) is 2.73. The van der Waals surface area contributed by atoms with E-state index in [1.54, 1.807) is 11.3 Å². The van der Waals surface area contributed by atoms with E-state index in [0.29, 0.717) is 13.0 Å². The molecular formula is C13H18O2S. The van der Waals surface area contributed by atoms with E-state index >= 15 is 0 Å². The standard InChI is InChI=1S/C13H18O2S/c1-13(2,3)15-10-12-8-7-11(16-12)6-4-5-9-14/h7-8,14H,5,9-10H2,1-3H3. The van der Waals surface area contributed by atoms with E-state index in [1.807, 2.05) is 32.9 Å². The van der Waals surface area contributed by atoms with Crippen molar-refractivity contribution in [2.24, 2.45) is 0 Å². The molecule has 0 bridgehead atoms. The van der Waals surface area contributed by atoms with Gasteiger partial charge in [0.1, 0.15) is 0 Å². The Morgan fingerprint density at radius 2 is 2.12 bits per heavy atom. The van der Waals surface area contributed by atoms with Gasteiger partial charge in [-0.3, -0.25) is 0 Å². The molecule has 1 aromatic heterocycles. The Labute approximate surface area is 101 Å². The van der Waals surface area contributed by atoms with Crippen LogP contribution in [0.25, 0.3) is 0 Å². The highest BCUT2D eigenvalue weighted by atomic mass is 32.1. The summed E-state index contributed by atoms with van der Waals surface area (Å²) in [7, 11) is 0. The zero-order valence-corrected chi connectivity index (χ0v) is 10.9. The quantitative estimate of drug-likeness (QED) is 0.821. The molecule has 1 aromatic rings. The Bertz CT molecular complexity index is 377. The first-order chi connectivity index (χ1) is 7.51. The molecule has 1 heterocycles. The van der Waals surface area contributed by atoms with Crippen LogP contribution in [-0.2, 0) is 11.3 Å². The van der Waals surface area contributed by atoms with Gasteiger partial charge in [-0.2, -0.15) is 0 Å². The maximum absolute atomic E-state index is 8.60. The lowest BCUT2D eigenvalue weighted by atomic mass is 10.2. The van der Waals surface area contributed by atoms with Crippen molar-refractivity contribution in [3.05, 3.63) is 21.9 Å². The molecule has 0 radical (unpaired) electrons. The highest BCUT2D eigenvalue weighted by Gasteiger charge is 2.10. The van der Waals surface area contributed by atoms with Crippen LogP contribution >= 0.6 is 11.3 Å². The van der Waals surface area contributed by atoms with E-state index < -0.39 is 0 Å². The maximum atomic E-state index is 8.60. The Morgan fingerprint density at radius 3 is 2.75 bits per heavy atom. The molecule has 0 aliphatic rings. The van der Waals surface area contributed by atoms with Crippen molar-refractivity contribution in [1.82, 2.24) is 0 Å². The molecule has 0 atom stereocenters. The van der Waals surface area contributed by atoms with Gasteiger partial charge in [-0.05, 0) is 32.9 Å². The molecule has 0 unspecified atom stereocenters. The van der Waals surface area contributed by atoms with Gasteiger partial charge in [0.15, 0.2) is 0 Å². The Hall–Kier alpha value is -0.820. The smallest absolute Gasteiger partial charge is 0.0816 e. The number of aliphatic hydroxyl groups is 1. The summed E-state index contributed by atoms with van der Waals surface area (Å²) >= 11 is 1.64. The molecule has 1 N–H and O–H groups in total. The summed E-state index contributed by atoms with van der Waals surface area (Å²) in [5.41, 5.74) is -0.104. The molecule has 1 rings (SSSR count). The number of aliphatic hydroxyl groups excluding tert-OH is 1. The van der Waals surface area contributed by atoms with Crippen LogP contribution < -0.4 is 0 Å². The van der Waals surface area contributed by atoms with Crippen LogP contribution in [0.5, 0.6) is 0 Å². The van der Waals surface area contributed by atoms with Crippen LogP contribution in [0.3, 0.4) is 0 Å². The number of hydrogen-bond acceptors (Lipinski definition) is 3. The Kier molecular flexibility index (Phi) is 5.01. The molecule has 0 aromatic carbocycles. The molecular weight excluding hydrogens is 220 g/mol. The summed E-state index contributed by atoms with van der Waals surface area (Å²) in [6.45, 7) is 6.89. The number of ether oxygens (including phenoxy) is 1. The summed E-state index contributed by atoms with van der Waals surface area (Å²) in [6.07, 6.45) is 0.533. The molecule has 16 heavy (non-hydrogen) atoms. The van der Waals surface area contributed by atoms with Crippen molar-refractivity contribution in [2.75, 3.05) is 6.61 Å². The van der Waals surface area contributed by atoms with E-state index in [4.69, 9.17) is 9.84 Å². The van der Waals surface area contributed by atoms with Gasteiger partial charge in [-0.25, -0.2) is 0 Å². The molecule has 0 saturated carbocycles. The highest BCUT2D eigenvalue weighted by Crippen LogP contribution is 2.19. The lowest BCUT2D eigenvalue weighted by Crippen LogP contribution is -2.18. The van der Waals surface area contributed by atoms with Crippen LogP contribution in [0.1, 0.15) is 36.9 Å². The number of hydrogen-bond donors (Lipinski definition) is 1. The summed E-state index contributed by atoms with van der Waals surface area (Å²) in [5.74, 6) is 5.92. The van der Waals surface area contributed by atoms with Crippen molar-refractivity contribution in [2.45, 2.75) is 39.4 Å². The monoisotopic (exact) mass is 238 g/mol. The summed E-state index contributed by atoms with van der Waals surface area (Å²) in [5, 5.41) is 8.60. The maximum Gasteiger partial charge on any atom is 0.0816 e. The fourth-order valence-electron chi connectivity index (χ4n) is 1.02. The lowest BCUT2D eigenvalue weighted by molar-refractivity contribution is -0.0136. The average Bonchev–Trinajstić information content (AvgIpc) is 2.62. The SMILES string of the molecule is CC(C)(C)OCc1ccc(C#CCCO)s1. The van der Waals surface area contributed by atoms with Gasteiger partial charge in [0.05, 0.1) is 23.7 Å². The average molecular weight is 238 g/mol. The molecule has 0 amide bonds. The largest absolute Gasteiger partial charge is 0.395 e. The molecule has 0 spiro atoms. The van der Waals surface area contributed by atoms with Gasteiger partial charge < -0.3 is 9.84 Å². The van der Waals surface area contributed by atoms with E-state index in [-0.39, 0.29) is 12.2 Å². The summed E-state index contributed by atoms with van der Waals surface area (Å²) in [6, 6.07) is 4.04. The van der Waals surface area contributed by atoms with Gasteiger partial charge in [0.25, 0.3) is 0 Å². The fourth-order valence-corrected chi connectivity index (χ4v) is 1.81. The highest BCUT2D eigenvalue weighted by molar-refractivity contribution is 7.12. The van der Waals surface area contributed by atoms with E-state index in [1.165, 1.54) is 4.88 Å². The van der Waals surface area contributed by atoms with Crippen LogP contribution in [-0.4, -0.2) is 17.3 Å². The molecule has 0 aliphatic heterocycles. The predicted octanol–water partition coefficient (Wildman–Crippen LogP) is 2.80. The number of rotatable bonds is 3. The molecule has 0 aliphatic carbocycles. The van der Waals surface area contributed by atoms with Crippen LogP contribution in [0.4, 0.5) is 0 Å². The van der Waals surface area contributed by atoms with Gasteiger partial charge in [0, 0.05) is 11.3 Å². The second kappa shape index (κ2) is 6.05. The second-order valence-corrected chi connectivity index (χ2v) is 5.61. The topological polar surface area (TPSA) is 29.5 Å². The normalized spacial score (nSPS) is 11.0. The van der Waals surface area contributed by atoms with E-state index in [9.17, 15) is 0 Å². The molecule has 0 saturated heterocycles. The Morgan fingerprint density at radius 1 is 1.38 bits per heavy atom. The fraction of sp³-hybridized carbons (Fsp3) is 0.538. The van der Waals surface area contributed by atoms with Crippen molar-refractivity contribution in [1.29, 1.82) is 0 Å². The molecule has 2 nitrogen and oxygen atoms in total. The number of thiophene rings is 1.